The molecule has 0 bridgehead atoms. The van der Waals surface area contributed by atoms with Crippen LogP contribution in [0.15, 0.2) is 92.8 Å². The number of fused-ring (bicyclic) bond motifs is 1. The highest BCUT2D eigenvalue weighted by Gasteiger charge is 2.12. The number of para-hydroxylation sites is 1. The Bertz CT molecular complexity index is 1340. The molecular weight excluding hydrogens is 467 g/mol. The van der Waals surface area contributed by atoms with Crippen molar-refractivity contribution in [2.24, 2.45) is 0 Å². The number of esters is 1. The lowest BCUT2D eigenvalue weighted by Crippen LogP contribution is -2.06. The molecular formula is C24H14BrFO5. The van der Waals surface area contributed by atoms with Crippen LogP contribution in [-0.4, -0.2) is 5.97 Å². The monoisotopic (exact) mass is 480 g/mol. The third kappa shape index (κ3) is 4.90. The SMILES string of the molecule is O=C(C=Cc1ccc(F)cc1)Oc1ccc2c(=O)c(Oc3ccccc3Br)coc2c1. The average Bonchev–Trinajstić information content (AvgIpc) is 2.77. The van der Waals surface area contributed by atoms with E-state index in [0.29, 0.717) is 15.8 Å². The van der Waals surface area contributed by atoms with Gasteiger partial charge in [0.15, 0.2) is 0 Å². The predicted molar refractivity (Wildman–Crippen MR) is 118 cm³/mol. The molecule has 0 radical (unpaired) electrons. The molecule has 0 aliphatic carbocycles. The van der Waals surface area contributed by atoms with E-state index in [-0.39, 0.29) is 33.7 Å². The maximum absolute atomic E-state index is 12.9. The second-order valence-corrected chi connectivity index (χ2v) is 7.28. The van der Waals surface area contributed by atoms with Crippen molar-refractivity contribution < 1.29 is 23.1 Å². The molecule has 0 atom stereocenters. The van der Waals surface area contributed by atoms with Crippen molar-refractivity contribution in [3.05, 3.63) is 105 Å². The van der Waals surface area contributed by atoms with E-state index >= 15 is 0 Å². The smallest absolute Gasteiger partial charge is 0.336 e. The number of hydrogen-bond donors (Lipinski definition) is 0. The zero-order valence-corrected chi connectivity index (χ0v) is 17.5. The van der Waals surface area contributed by atoms with Crippen molar-refractivity contribution >= 4 is 38.9 Å². The van der Waals surface area contributed by atoms with Crippen LogP contribution in [0.5, 0.6) is 17.2 Å². The summed E-state index contributed by atoms with van der Waals surface area (Å²) in [5, 5.41) is 0.284. The summed E-state index contributed by atoms with van der Waals surface area (Å²) in [7, 11) is 0. The van der Waals surface area contributed by atoms with Crippen LogP contribution in [0.3, 0.4) is 0 Å². The van der Waals surface area contributed by atoms with Gasteiger partial charge in [0.05, 0.1) is 9.86 Å². The second kappa shape index (κ2) is 8.97. The fraction of sp³-hybridized carbons (Fsp3) is 0. The molecule has 0 N–H and O–H groups in total. The van der Waals surface area contributed by atoms with Crippen molar-refractivity contribution in [3.8, 4) is 17.2 Å². The van der Waals surface area contributed by atoms with Crippen molar-refractivity contribution in [2.75, 3.05) is 0 Å². The zero-order valence-electron chi connectivity index (χ0n) is 15.9. The number of carbonyl (C=O) groups is 1. The van der Waals surface area contributed by atoms with Crippen LogP contribution in [0.1, 0.15) is 5.56 Å². The molecule has 1 heterocycles. The van der Waals surface area contributed by atoms with Gasteiger partial charge in [0.2, 0.25) is 11.2 Å². The first kappa shape index (κ1) is 20.6. The Morgan fingerprint density at radius 1 is 1.00 bits per heavy atom. The van der Waals surface area contributed by atoms with Crippen LogP contribution in [0, 0.1) is 5.82 Å². The van der Waals surface area contributed by atoms with Crippen LogP contribution >= 0.6 is 15.9 Å². The van der Waals surface area contributed by atoms with E-state index in [0.717, 1.165) is 0 Å². The number of ether oxygens (including phenoxy) is 2. The minimum absolute atomic E-state index is 0.0337. The molecule has 4 aromatic rings. The lowest BCUT2D eigenvalue weighted by molar-refractivity contribution is -0.128. The molecule has 5 nitrogen and oxygen atoms in total. The van der Waals surface area contributed by atoms with Crippen molar-refractivity contribution in [1.29, 1.82) is 0 Å². The molecule has 4 rings (SSSR count). The van der Waals surface area contributed by atoms with Crippen LogP contribution in [-0.2, 0) is 4.79 Å². The largest absolute Gasteiger partial charge is 0.460 e. The molecule has 0 amide bonds. The van der Waals surface area contributed by atoms with E-state index < -0.39 is 5.97 Å². The Morgan fingerprint density at radius 2 is 1.77 bits per heavy atom. The lowest BCUT2D eigenvalue weighted by Gasteiger charge is -2.08. The minimum Gasteiger partial charge on any atom is -0.460 e. The first-order valence-corrected chi connectivity index (χ1v) is 9.92. The summed E-state index contributed by atoms with van der Waals surface area (Å²) in [6, 6.07) is 17.2. The van der Waals surface area contributed by atoms with Crippen molar-refractivity contribution in [1.82, 2.24) is 0 Å². The van der Waals surface area contributed by atoms with Gasteiger partial charge >= 0.3 is 5.97 Å². The molecule has 0 unspecified atom stereocenters. The van der Waals surface area contributed by atoms with Gasteiger partial charge in [-0.05, 0) is 64.0 Å². The molecule has 154 valence electrons. The Hall–Kier alpha value is -3.71. The van der Waals surface area contributed by atoms with Gasteiger partial charge in [-0.2, -0.15) is 0 Å². The summed E-state index contributed by atoms with van der Waals surface area (Å²) in [6.07, 6.45) is 3.95. The van der Waals surface area contributed by atoms with Crippen molar-refractivity contribution in [3.63, 3.8) is 0 Å². The standard InChI is InChI=1S/C24H14BrFO5/c25-19-3-1-2-4-20(19)31-22-14-29-21-13-17(10-11-18(21)24(22)28)30-23(27)12-7-15-5-8-16(26)9-6-15/h1-14H. The van der Waals surface area contributed by atoms with Gasteiger partial charge in [0.25, 0.3) is 0 Å². The van der Waals surface area contributed by atoms with Gasteiger partial charge in [-0.1, -0.05) is 24.3 Å². The molecule has 0 aliphatic heterocycles. The quantitative estimate of drug-likeness (QED) is 0.196. The fourth-order valence-corrected chi connectivity index (χ4v) is 3.12. The van der Waals surface area contributed by atoms with Gasteiger partial charge in [0.1, 0.15) is 29.2 Å². The van der Waals surface area contributed by atoms with Crippen LogP contribution < -0.4 is 14.9 Å². The molecule has 3 aromatic carbocycles. The zero-order chi connectivity index (χ0) is 21.8. The molecule has 1 aromatic heterocycles. The van der Waals surface area contributed by atoms with Crippen molar-refractivity contribution in [2.45, 2.75) is 0 Å². The number of hydrogen-bond acceptors (Lipinski definition) is 5. The molecule has 31 heavy (non-hydrogen) atoms. The molecule has 7 heteroatoms. The van der Waals surface area contributed by atoms with E-state index in [4.69, 9.17) is 13.9 Å². The summed E-state index contributed by atoms with van der Waals surface area (Å²) >= 11 is 3.36. The summed E-state index contributed by atoms with van der Waals surface area (Å²) in [6.45, 7) is 0. The molecule has 0 saturated heterocycles. The van der Waals surface area contributed by atoms with E-state index in [1.165, 1.54) is 60.9 Å². The summed E-state index contributed by atoms with van der Waals surface area (Å²) in [5.74, 6) is -0.259. The second-order valence-electron chi connectivity index (χ2n) is 6.43. The summed E-state index contributed by atoms with van der Waals surface area (Å²) in [4.78, 5) is 24.8. The van der Waals surface area contributed by atoms with E-state index in [9.17, 15) is 14.0 Å². The van der Waals surface area contributed by atoms with Crippen LogP contribution in [0.2, 0.25) is 0 Å². The number of halogens is 2. The summed E-state index contributed by atoms with van der Waals surface area (Å²) < 4.78 is 30.0. The van der Waals surface area contributed by atoms with Gasteiger partial charge < -0.3 is 13.9 Å². The lowest BCUT2D eigenvalue weighted by atomic mass is 10.2. The maximum atomic E-state index is 12.9. The first-order chi connectivity index (χ1) is 15.0. The average molecular weight is 481 g/mol. The van der Waals surface area contributed by atoms with Crippen LogP contribution in [0.25, 0.3) is 17.0 Å². The Kier molecular flexibility index (Phi) is 5.95. The highest BCUT2D eigenvalue weighted by atomic mass is 79.9. The van der Waals surface area contributed by atoms with Crippen LogP contribution in [0.4, 0.5) is 4.39 Å². The number of carbonyl (C=O) groups excluding carboxylic acids is 1. The minimum atomic E-state index is -0.625. The van der Waals surface area contributed by atoms with Gasteiger partial charge in [-0.15, -0.1) is 0 Å². The Balaban J connectivity index is 1.52. The highest BCUT2D eigenvalue weighted by Crippen LogP contribution is 2.29. The molecule has 0 fully saturated rings. The van der Waals surface area contributed by atoms with Gasteiger partial charge in [-0.25, -0.2) is 9.18 Å². The van der Waals surface area contributed by atoms with E-state index in [1.54, 1.807) is 18.2 Å². The van der Waals surface area contributed by atoms with Gasteiger partial charge in [-0.3, -0.25) is 4.79 Å². The number of benzene rings is 3. The van der Waals surface area contributed by atoms with E-state index in [2.05, 4.69) is 15.9 Å². The molecule has 0 saturated carbocycles. The Labute approximate surface area is 184 Å². The normalized spacial score (nSPS) is 11.0. The van der Waals surface area contributed by atoms with Gasteiger partial charge in [0, 0.05) is 12.1 Å². The first-order valence-electron chi connectivity index (χ1n) is 9.13. The molecule has 0 spiro atoms. The topological polar surface area (TPSA) is 65.7 Å². The number of rotatable bonds is 5. The fourth-order valence-electron chi connectivity index (χ4n) is 2.76. The Morgan fingerprint density at radius 3 is 2.55 bits per heavy atom. The third-order valence-electron chi connectivity index (χ3n) is 4.27. The maximum Gasteiger partial charge on any atom is 0.336 e. The highest BCUT2D eigenvalue weighted by molar-refractivity contribution is 9.10. The van der Waals surface area contributed by atoms with E-state index in [1.807, 2.05) is 6.07 Å². The molecule has 0 aliphatic rings. The summed E-state index contributed by atoms with van der Waals surface area (Å²) in [5.41, 5.74) is 0.545. The predicted octanol–water partition coefficient (Wildman–Crippen LogP) is 6.11. The third-order valence-corrected chi connectivity index (χ3v) is 4.93.